The van der Waals surface area contributed by atoms with Gasteiger partial charge in [0.2, 0.25) is 11.9 Å². The van der Waals surface area contributed by atoms with Gasteiger partial charge in [-0.05, 0) is 57.8 Å². The van der Waals surface area contributed by atoms with Gasteiger partial charge in [-0.3, -0.25) is 9.59 Å². The zero-order chi connectivity index (χ0) is 25.7. The Morgan fingerprint density at radius 3 is 2.69 bits per heavy atom. The fourth-order valence-corrected chi connectivity index (χ4v) is 4.54. The van der Waals surface area contributed by atoms with Gasteiger partial charge in [-0.25, -0.2) is 9.98 Å². The third-order valence-electron chi connectivity index (χ3n) is 6.77. The summed E-state index contributed by atoms with van der Waals surface area (Å²) in [6.45, 7) is -0.369. The fourth-order valence-electron chi connectivity index (χ4n) is 4.54. The van der Waals surface area contributed by atoms with Crippen molar-refractivity contribution in [3.63, 3.8) is 0 Å². The van der Waals surface area contributed by atoms with E-state index in [-0.39, 0.29) is 59.7 Å². The topological polar surface area (TPSA) is 129 Å². The second-order valence-electron chi connectivity index (χ2n) is 9.93. The highest BCUT2D eigenvalue weighted by Gasteiger charge is 2.37. The summed E-state index contributed by atoms with van der Waals surface area (Å²) in [5, 5.41) is 15.6. The minimum atomic E-state index is -2.87. The monoisotopic (exact) mass is 508 g/mol. The molecule has 2 heterocycles. The lowest BCUT2D eigenvalue weighted by Gasteiger charge is -2.22. The van der Waals surface area contributed by atoms with Gasteiger partial charge >= 0.3 is 6.61 Å². The maximum absolute atomic E-state index is 13.1. The van der Waals surface area contributed by atoms with E-state index < -0.39 is 12.7 Å². The van der Waals surface area contributed by atoms with Gasteiger partial charge in [0.1, 0.15) is 5.56 Å². The van der Waals surface area contributed by atoms with Crippen LogP contribution in [-0.4, -0.2) is 82.5 Å². The van der Waals surface area contributed by atoms with Crippen LogP contribution in [0.2, 0.25) is 0 Å². The third kappa shape index (κ3) is 7.39. The molecule has 0 unspecified atom stereocenters. The molecule has 1 aromatic rings. The minimum absolute atomic E-state index is 0.142. The van der Waals surface area contributed by atoms with Gasteiger partial charge in [0, 0.05) is 43.5 Å². The van der Waals surface area contributed by atoms with Gasteiger partial charge in [-0.1, -0.05) is 0 Å². The maximum Gasteiger partial charge on any atom is 0.345 e. The number of amides is 2. The van der Waals surface area contributed by atoms with Crippen LogP contribution in [-0.2, 0) is 9.53 Å². The van der Waals surface area contributed by atoms with E-state index in [1.165, 1.54) is 6.20 Å². The second-order valence-corrected chi connectivity index (χ2v) is 9.93. The zero-order valence-corrected chi connectivity index (χ0v) is 20.4. The molecule has 12 heteroatoms. The first kappa shape index (κ1) is 26.3. The number of aliphatic hydroxyl groups excluding tert-OH is 1. The highest BCUT2D eigenvalue weighted by Crippen LogP contribution is 2.32. The van der Waals surface area contributed by atoms with Crippen molar-refractivity contribution in [1.29, 1.82) is 0 Å². The smallest absolute Gasteiger partial charge is 0.345 e. The lowest BCUT2D eigenvalue weighted by Crippen LogP contribution is -2.39. The van der Waals surface area contributed by atoms with Crippen LogP contribution in [0.25, 0.3) is 0 Å². The van der Waals surface area contributed by atoms with E-state index in [0.717, 1.165) is 25.7 Å². The van der Waals surface area contributed by atoms with Crippen molar-refractivity contribution in [2.24, 2.45) is 16.8 Å². The summed E-state index contributed by atoms with van der Waals surface area (Å²) in [5.74, 6) is 0.396. The fraction of sp³-hybridized carbons (Fsp3) is 0.708. The molecule has 3 fully saturated rings. The molecule has 2 saturated carbocycles. The Labute approximate surface area is 208 Å². The van der Waals surface area contributed by atoms with E-state index in [1.807, 2.05) is 4.90 Å². The highest BCUT2D eigenvalue weighted by molar-refractivity contribution is 5.98. The number of aliphatic imine (C=N–C) groups is 1. The number of halogens is 2. The van der Waals surface area contributed by atoms with Crippen LogP contribution >= 0.6 is 0 Å². The molecule has 1 saturated heterocycles. The van der Waals surface area contributed by atoms with Gasteiger partial charge in [0.25, 0.3) is 5.91 Å². The van der Waals surface area contributed by atoms with Crippen LogP contribution in [0.5, 0.6) is 0 Å². The molecule has 1 aliphatic heterocycles. The number of aliphatic hydroxyl groups is 1. The summed E-state index contributed by atoms with van der Waals surface area (Å²) in [6, 6.07) is -0.662. The Kier molecular flexibility index (Phi) is 8.78. The van der Waals surface area contributed by atoms with Crippen LogP contribution in [0.1, 0.15) is 62.2 Å². The Morgan fingerprint density at radius 1 is 1.25 bits per heavy atom. The van der Waals surface area contributed by atoms with Crippen LogP contribution in [0, 0.1) is 11.8 Å². The summed E-state index contributed by atoms with van der Waals surface area (Å²) in [7, 11) is 0. The van der Waals surface area contributed by atoms with Crippen molar-refractivity contribution in [2.45, 2.75) is 76.7 Å². The molecule has 0 aromatic carbocycles. The van der Waals surface area contributed by atoms with Gasteiger partial charge < -0.3 is 25.4 Å². The zero-order valence-electron chi connectivity index (χ0n) is 20.4. The predicted octanol–water partition coefficient (Wildman–Crippen LogP) is 2.51. The van der Waals surface area contributed by atoms with E-state index in [0.29, 0.717) is 32.4 Å². The number of aromatic nitrogens is 2. The average molecular weight is 509 g/mol. The predicted molar refractivity (Wildman–Crippen MR) is 128 cm³/mol. The molecule has 36 heavy (non-hydrogen) atoms. The van der Waals surface area contributed by atoms with E-state index in [9.17, 15) is 23.5 Å². The Balaban J connectivity index is 1.44. The van der Waals surface area contributed by atoms with Gasteiger partial charge in [0.05, 0.1) is 12.7 Å². The first-order valence-electron chi connectivity index (χ1n) is 12.6. The molecular weight excluding hydrogens is 474 g/mol. The van der Waals surface area contributed by atoms with Gasteiger partial charge in [-0.2, -0.15) is 13.8 Å². The first-order valence-corrected chi connectivity index (χ1v) is 12.6. The van der Waals surface area contributed by atoms with E-state index in [4.69, 9.17) is 0 Å². The standard InChI is InChI=1S/C24H34F2N6O4/c1-14(13-36-23(25)26)29-24-28-11-19(20(31-24)27-10-15-2-6-18(33)7-3-15)21(34)30-17-8-9-32(12-17)22(35)16-4-5-16/h10-11,14-18,23,33H,2-9,12-13H2,1H3,(H,30,34)(H,28,29,31)/t14-,15?,17-,18?/m0/s1. The summed E-state index contributed by atoms with van der Waals surface area (Å²) >= 11 is 0. The van der Waals surface area contributed by atoms with Crippen LogP contribution in [0.15, 0.2) is 11.2 Å². The van der Waals surface area contributed by atoms with Gasteiger partial charge in [0.15, 0.2) is 5.82 Å². The first-order chi connectivity index (χ1) is 17.3. The second kappa shape index (κ2) is 12.0. The molecule has 3 N–H and O–H groups in total. The van der Waals surface area contributed by atoms with Gasteiger partial charge in [-0.15, -0.1) is 0 Å². The Morgan fingerprint density at radius 2 is 2.00 bits per heavy atom. The minimum Gasteiger partial charge on any atom is -0.393 e. The van der Waals surface area contributed by atoms with Crippen molar-refractivity contribution < 1.29 is 28.2 Å². The maximum atomic E-state index is 13.1. The molecule has 1 aromatic heterocycles. The largest absolute Gasteiger partial charge is 0.393 e. The third-order valence-corrected chi connectivity index (χ3v) is 6.77. The normalized spacial score (nSPS) is 25.4. The number of carbonyl (C=O) groups is 2. The van der Waals surface area contributed by atoms with Crippen LogP contribution < -0.4 is 10.6 Å². The summed E-state index contributed by atoms with van der Waals surface area (Å²) in [5.41, 5.74) is 0.191. The molecule has 3 aliphatic rings. The molecule has 10 nitrogen and oxygen atoms in total. The number of nitrogens with one attached hydrogen (secondary N) is 2. The van der Waals surface area contributed by atoms with Crippen molar-refractivity contribution in [3.05, 3.63) is 11.8 Å². The van der Waals surface area contributed by atoms with E-state index in [2.05, 4.69) is 30.3 Å². The molecule has 0 radical (unpaired) electrons. The number of likely N-dealkylation sites (tertiary alicyclic amines) is 1. The van der Waals surface area contributed by atoms with E-state index >= 15 is 0 Å². The number of hydrogen-bond donors (Lipinski definition) is 3. The number of nitrogens with zero attached hydrogens (tertiary/aromatic N) is 4. The van der Waals surface area contributed by atoms with Crippen LogP contribution in [0.4, 0.5) is 20.5 Å². The van der Waals surface area contributed by atoms with Crippen molar-refractivity contribution in [1.82, 2.24) is 20.2 Å². The number of hydrogen-bond acceptors (Lipinski definition) is 8. The SMILES string of the molecule is C[C@@H](COC(F)F)Nc1ncc(C(=O)N[C@H]2CCN(C(=O)C3CC3)C2)c(N=CC2CCC(O)CC2)n1. The number of alkyl halides is 2. The quantitative estimate of drug-likeness (QED) is 0.414. The van der Waals surface area contributed by atoms with Crippen molar-refractivity contribution in [3.8, 4) is 0 Å². The summed E-state index contributed by atoms with van der Waals surface area (Å²) < 4.78 is 29.0. The summed E-state index contributed by atoms with van der Waals surface area (Å²) in [4.78, 5) is 40.3. The van der Waals surface area contributed by atoms with Crippen molar-refractivity contribution >= 4 is 29.8 Å². The molecule has 2 aliphatic carbocycles. The number of carbonyl (C=O) groups excluding carboxylic acids is 2. The Hall–Kier alpha value is -2.73. The lowest BCUT2D eigenvalue weighted by molar-refractivity contribution is -0.131. The molecule has 198 valence electrons. The highest BCUT2D eigenvalue weighted by atomic mass is 19.3. The molecule has 2 atom stereocenters. The van der Waals surface area contributed by atoms with Crippen molar-refractivity contribution in [2.75, 3.05) is 25.0 Å². The van der Waals surface area contributed by atoms with E-state index in [1.54, 1.807) is 13.1 Å². The number of anilines is 1. The number of ether oxygens (including phenoxy) is 1. The molecular formula is C24H34F2N6O4. The molecule has 0 bridgehead atoms. The average Bonchev–Trinajstić information content (AvgIpc) is 3.60. The van der Waals surface area contributed by atoms with Crippen LogP contribution in [0.3, 0.4) is 0 Å². The number of rotatable bonds is 10. The Bertz CT molecular complexity index is 953. The molecule has 0 spiro atoms. The molecule has 4 rings (SSSR count). The lowest BCUT2D eigenvalue weighted by atomic mass is 9.88. The summed E-state index contributed by atoms with van der Waals surface area (Å²) in [6.07, 6.45) is 8.36. The molecule has 2 amide bonds.